The number of rotatable bonds is 3. The van der Waals surface area contributed by atoms with E-state index in [9.17, 15) is 9.18 Å². The second-order valence-corrected chi connectivity index (χ2v) is 6.49. The normalized spacial score (nSPS) is 11.0. The molecule has 2 heterocycles. The van der Waals surface area contributed by atoms with Gasteiger partial charge in [-0.1, -0.05) is 18.2 Å². The molecular weight excluding hydrogens is 319 g/mol. The van der Waals surface area contributed by atoms with Crippen LogP contribution in [-0.2, 0) is 6.54 Å². The lowest BCUT2D eigenvalue weighted by atomic mass is 10.0. The van der Waals surface area contributed by atoms with Crippen LogP contribution in [0.15, 0.2) is 41.7 Å². The maximum atomic E-state index is 13.1. The zero-order valence-corrected chi connectivity index (χ0v) is 13.5. The minimum atomic E-state index is -0.301. The van der Waals surface area contributed by atoms with Crippen LogP contribution in [0.4, 0.5) is 4.39 Å². The summed E-state index contributed by atoms with van der Waals surface area (Å²) < 4.78 is 15.0. The van der Waals surface area contributed by atoms with Crippen LogP contribution < -0.4 is 5.56 Å². The topological polar surface area (TPSA) is 37.8 Å². The van der Waals surface area contributed by atoms with Crippen LogP contribution in [0.2, 0.25) is 0 Å². The molecule has 112 valence electrons. The van der Waals surface area contributed by atoms with E-state index in [-0.39, 0.29) is 11.4 Å². The van der Waals surface area contributed by atoms with E-state index < -0.39 is 0 Å². The van der Waals surface area contributed by atoms with Gasteiger partial charge in [0.05, 0.1) is 5.39 Å². The maximum absolute atomic E-state index is 13.1. The Morgan fingerprint density at radius 2 is 2.09 bits per heavy atom. The zero-order valence-electron chi connectivity index (χ0n) is 11.9. The SMILES string of the molecule is C=CCn1c(=S)[nH]c2sc(C)c(-c3ccc(F)cc3)c2c1=O. The summed E-state index contributed by atoms with van der Waals surface area (Å²) in [7, 11) is 0. The van der Waals surface area contributed by atoms with Gasteiger partial charge in [0.2, 0.25) is 0 Å². The summed E-state index contributed by atoms with van der Waals surface area (Å²) in [6.45, 7) is 5.95. The summed E-state index contributed by atoms with van der Waals surface area (Å²) in [6, 6.07) is 6.16. The maximum Gasteiger partial charge on any atom is 0.263 e. The molecule has 0 unspecified atom stereocenters. The molecule has 0 saturated carbocycles. The number of hydrogen-bond acceptors (Lipinski definition) is 3. The number of aromatic amines is 1. The Bertz CT molecular complexity index is 980. The summed E-state index contributed by atoms with van der Waals surface area (Å²) in [5.41, 5.74) is 1.49. The van der Waals surface area contributed by atoms with E-state index in [0.717, 1.165) is 20.8 Å². The molecule has 0 atom stereocenters. The van der Waals surface area contributed by atoms with Crippen LogP contribution in [0.3, 0.4) is 0 Å². The van der Waals surface area contributed by atoms with Gasteiger partial charge in [-0.25, -0.2) is 4.39 Å². The van der Waals surface area contributed by atoms with Crippen LogP contribution in [0.25, 0.3) is 21.3 Å². The van der Waals surface area contributed by atoms with Gasteiger partial charge >= 0.3 is 0 Å². The van der Waals surface area contributed by atoms with E-state index in [4.69, 9.17) is 12.2 Å². The summed E-state index contributed by atoms with van der Waals surface area (Å²) in [5, 5.41) is 0.588. The predicted octanol–water partition coefficient (Wildman–Crippen LogP) is 4.42. The number of fused-ring (bicyclic) bond motifs is 1. The Morgan fingerprint density at radius 1 is 1.41 bits per heavy atom. The molecule has 0 fully saturated rings. The number of halogens is 1. The molecule has 1 aromatic carbocycles. The van der Waals surface area contributed by atoms with Gasteiger partial charge in [-0.2, -0.15) is 0 Å². The van der Waals surface area contributed by atoms with Crippen molar-refractivity contribution in [1.29, 1.82) is 0 Å². The smallest absolute Gasteiger partial charge is 0.263 e. The van der Waals surface area contributed by atoms with Crippen molar-refractivity contribution in [2.45, 2.75) is 13.5 Å². The number of aromatic nitrogens is 2. The number of benzene rings is 1. The second kappa shape index (κ2) is 5.62. The molecule has 0 aliphatic carbocycles. The lowest BCUT2D eigenvalue weighted by Gasteiger charge is -2.05. The molecule has 0 amide bonds. The molecule has 0 spiro atoms. The fourth-order valence-corrected chi connectivity index (χ4v) is 3.88. The highest BCUT2D eigenvalue weighted by Crippen LogP contribution is 2.35. The highest BCUT2D eigenvalue weighted by atomic mass is 32.1. The molecule has 0 saturated heterocycles. The van der Waals surface area contributed by atoms with E-state index >= 15 is 0 Å². The van der Waals surface area contributed by atoms with Crippen LogP contribution in [-0.4, -0.2) is 9.55 Å². The van der Waals surface area contributed by atoms with Crippen molar-refractivity contribution in [2.24, 2.45) is 0 Å². The van der Waals surface area contributed by atoms with Gasteiger partial charge in [0.15, 0.2) is 4.77 Å². The highest BCUT2D eigenvalue weighted by Gasteiger charge is 2.16. The number of hydrogen-bond donors (Lipinski definition) is 1. The molecule has 3 rings (SSSR count). The Hall–Kier alpha value is -2.05. The van der Waals surface area contributed by atoms with Crippen molar-refractivity contribution in [3.05, 3.63) is 62.7 Å². The van der Waals surface area contributed by atoms with Gasteiger partial charge in [0.25, 0.3) is 5.56 Å². The Morgan fingerprint density at radius 3 is 2.73 bits per heavy atom. The van der Waals surface area contributed by atoms with Crippen molar-refractivity contribution in [2.75, 3.05) is 0 Å². The largest absolute Gasteiger partial charge is 0.323 e. The van der Waals surface area contributed by atoms with Crippen LogP contribution in [0.1, 0.15) is 4.88 Å². The number of nitrogens with zero attached hydrogens (tertiary/aromatic N) is 1. The summed E-state index contributed by atoms with van der Waals surface area (Å²) in [5.74, 6) is -0.301. The van der Waals surface area contributed by atoms with E-state index in [1.807, 2.05) is 6.92 Å². The predicted molar refractivity (Wildman–Crippen MR) is 91.6 cm³/mol. The summed E-state index contributed by atoms with van der Waals surface area (Å²) in [6.07, 6.45) is 1.63. The van der Waals surface area contributed by atoms with E-state index in [0.29, 0.717) is 16.7 Å². The third kappa shape index (κ3) is 2.34. The van der Waals surface area contributed by atoms with E-state index in [1.165, 1.54) is 28.0 Å². The minimum Gasteiger partial charge on any atom is -0.323 e. The number of nitrogens with one attached hydrogen (secondary N) is 1. The molecule has 6 heteroatoms. The Labute approximate surface area is 135 Å². The third-order valence-electron chi connectivity index (χ3n) is 3.45. The second-order valence-electron chi connectivity index (χ2n) is 4.88. The molecular formula is C16H13FN2OS2. The molecule has 0 aliphatic heterocycles. The Balaban J connectivity index is 2.40. The average Bonchev–Trinajstić information content (AvgIpc) is 2.80. The fraction of sp³-hybridized carbons (Fsp3) is 0.125. The zero-order chi connectivity index (χ0) is 15.9. The van der Waals surface area contributed by atoms with E-state index in [2.05, 4.69) is 11.6 Å². The fourth-order valence-electron chi connectivity index (χ4n) is 2.49. The van der Waals surface area contributed by atoms with Crippen LogP contribution >= 0.6 is 23.6 Å². The van der Waals surface area contributed by atoms with Crippen LogP contribution in [0.5, 0.6) is 0 Å². The van der Waals surface area contributed by atoms with Crippen molar-refractivity contribution >= 4 is 33.8 Å². The van der Waals surface area contributed by atoms with Gasteiger partial charge in [0.1, 0.15) is 10.6 Å². The number of allylic oxidation sites excluding steroid dienone is 1. The molecule has 2 aromatic heterocycles. The van der Waals surface area contributed by atoms with Gasteiger partial charge in [-0.3, -0.25) is 9.36 Å². The monoisotopic (exact) mass is 332 g/mol. The molecule has 3 aromatic rings. The number of H-pyrrole nitrogens is 1. The molecule has 1 N–H and O–H groups in total. The average molecular weight is 332 g/mol. The Kier molecular flexibility index (Phi) is 3.80. The minimum absolute atomic E-state index is 0.151. The lowest BCUT2D eigenvalue weighted by molar-refractivity contribution is 0.628. The summed E-state index contributed by atoms with van der Waals surface area (Å²) in [4.78, 5) is 17.6. The molecule has 3 nitrogen and oxygen atoms in total. The molecule has 0 radical (unpaired) electrons. The first kappa shape index (κ1) is 14.9. The van der Waals surface area contributed by atoms with Crippen molar-refractivity contribution in [3.63, 3.8) is 0 Å². The standard InChI is InChI=1S/C16H13FN2OS2/c1-3-8-19-15(20)13-12(10-4-6-11(17)7-5-10)9(2)22-14(13)18-16(19)21/h3-7H,1,8H2,2H3,(H,18,21). The molecule has 0 aliphatic rings. The van der Waals surface area contributed by atoms with Gasteiger partial charge in [0, 0.05) is 17.0 Å². The van der Waals surface area contributed by atoms with Gasteiger partial charge in [-0.15, -0.1) is 17.9 Å². The third-order valence-corrected chi connectivity index (χ3v) is 4.80. The van der Waals surface area contributed by atoms with Crippen LogP contribution in [0, 0.1) is 17.5 Å². The number of thiophene rings is 1. The summed E-state index contributed by atoms with van der Waals surface area (Å²) >= 11 is 6.71. The first-order chi connectivity index (χ1) is 10.5. The first-order valence-corrected chi connectivity index (χ1v) is 7.88. The van der Waals surface area contributed by atoms with Crippen molar-refractivity contribution in [3.8, 4) is 11.1 Å². The van der Waals surface area contributed by atoms with Crippen molar-refractivity contribution < 1.29 is 4.39 Å². The van der Waals surface area contributed by atoms with Crippen molar-refractivity contribution in [1.82, 2.24) is 9.55 Å². The van der Waals surface area contributed by atoms with E-state index in [1.54, 1.807) is 18.2 Å². The first-order valence-electron chi connectivity index (χ1n) is 6.66. The molecule has 0 bridgehead atoms. The highest BCUT2D eigenvalue weighted by molar-refractivity contribution is 7.71. The lowest BCUT2D eigenvalue weighted by Crippen LogP contribution is -2.21. The van der Waals surface area contributed by atoms with Gasteiger partial charge in [-0.05, 0) is 36.8 Å². The molecule has 22 heavy (non-hydrogen) atoms. The number of aryl methyl sites for hydroxylation is 1. The van der Waals surface area contributed by atoms with Gasteiger partial charge < -0.3 is 4.98 Å². The quantitative estimate of drug-likeness (QED) is 0.569.